The zero-order valence-corrected chi connectivity index (χ0v) is 11.1. The van der Waals surface area contributed by atoms with Crippen LogP contribution in [0.2, 0.25) is 0 Å². The van der Waals surface area contributed by atoms with Crippen molar-refractivity contribution in [3.05, 3.63) is 41.7 Å². The minimum absolute atomic E-state index is 0.0758. The number of amides is 1. The molecule has 2 atom stereocenters. The standard InChI is InChI=1S/C15H20N2O/c1-10(2)12-5-4-6-13(12)17-15(18)14-8-7-11(3)9-16-14/h7-9,12-13H,1,4-6H2,2-3H3,(H,17,18). The van der Waals surface area contributed by atoms with E-state index in [9.17, 15) is 4.79 Å². The van der Waals surface area contributed by atoms with Gasteiger partial charge in [-0.1, -0.05) is 24.6 Å². The summed E-state index contributed by atoms with van der Waals surface area (Å²) >= 11 is 0. The molecular formula is C15H20N2O. The number of nitrogens with one attached hydrogen (secondary N) is 1. The molecule has 1 N–H and O–H groups in total. The maximum absolute atomic E-state index is 12.1. The van der Waals surface area contributed by atoms with Crippen LogP contribution >= 0.6 is 0 Å². The molecule has 1 heterocycles. The molecule has 1 amide bonds. The van der Waals surface area contributed by atoms with Crippen LogP contribution in [0.5, 0.6) is 0 Å². The SMILES string of the molecule is C=C(C)C1CCCC1NC(=O)c1ccc(C)cn1. The summed E-state index contributed by atoms with van der Waals surface area (Å²) in [6.45, 7) is 8.01. The van der Waals surface area contributed by atoms with E-state index in [1.807, 2.05) is 19.9 Å². The maximum atomic E-state index is 12.1. The van der Waals surface area contributed by atoms with E-state index in [0.717, 1.165) is 30.4 Å². The number of hydrogen-bond acceptors (Lipinski definition) is 2. The minimum atomic E-state index is -0.0758. The Bertz CT molecular complexity index is 450. The molecule has 1 aromatic rings. The fourth-order valence-corrected chi connectivity index (χ4v) is 2.57. The average Bonchev–Trinajstić information content (AvgIpc) is 2.78. The Morgan fingerprint density at radius 1 is 1.44 bits per heavy atom. The molecule has 1 fully saturated rings. The van der Waals surface area contributed by atoms with Crippen LogP contribution in [0.4, 0.5) is 0 Å². The number of carbonyl (C=O) groups is 1. The number of aromatic nitrogens is 1. The Labute approximate surface area is 108 Å². The lowest BCUT2D eigenvalue weighted by atomic mass is 9.96. The average molecular weight is 244 g/mol. The summed E-state index contributed by atoms with van der Waals surface area (Å²) in [5.41, 5.74) is 2.72. The van der Waals surface area contributed by atoms with Gasteiger partial charge in [0.2, 0.25) is 0 Å². The van der Waals surface area contributed by atoms with Gasteiger partial charge in [0, 0.05) is 12.2 Å². The van der Waals surface area contributed by atoms with Crippen LogP contribution in [0.25, 0.3) is 0 Å². The van der Waals surface area contributed by atoms with Crippen molar-refractivity contribution in [3.8, 4) is 0 Å². The Morgan fingerprint density at radius 3 is 2.83 bits per heavy atom. The first-order valence-corrected chi connectivity index (χ1v) is 6.47. The highest BCUT2D eigenvalue weighted by Gasteiger charge is 2.29. The lowest BCUT2D eigenvalue weighted by molar-refractivity contribution is 0.0926. The fraction of sp³-hybridized carbons (Fsp3) is 0.467. The second kappa shape index (κ2) is 5.34. The summed E-state index contributed by atoms with van der Waals surface area (Å²) in [5.74, 6) is 0.340. The predicted molar refractivity (Wildman–Crippen MR) is 72.4 cm³/mol. The van der Waals surface area contributed by atoms with E-state index in [-0.39, 0.29) is 11.9 Å². The molecule has 0 spiro atoms. The van der Waals surface area contributed by atoms with Gasteiger partial charge in [0.05, 0.1) is 0 Å². The van der Waals surface area contributed by atoms with Gasteiger partial charge in [-0.3, -0.25) is 9.78 Å². The van der Waals surface area contributed by atoms with Crippen molar-refractivity contribution in [1.29, 1.82) is 0 Å². The van der Waals surface area contributed by atoms with Crippen LogP contribution in [0.3, 0.4) is 0 Å². The van der Waals surface area contributed by atoms with E-state index < -0.39 is 0 Å². The highest BCUT2D eigenvalue weighted by molar-refractivity contribution is 5.92. The van der Waals surface area contributed by atoms with E-state index in [1.54, 1.807) is 12.3 Å². The first kappa shape index (κ1) is 12.8. The highest BCUT2D eigenvalue weighted by atomic mass is 16.1. The van der Waals surface area contributed by atoms with Crippen molar-refractivity contribution in [2.24, 2.45) is 5.92 Å². The van der Waals surface area contributed by atoms with Gasteiger partial charge in [-0.05, 0) is 44.2 Å². The highest BCUT2D eigenvalue weighted by Crippen LogP contribution is 2.30. The molecule has 1 aliphatic carbocycles. The third-order valence-corrected chi connectivity index (χ3v) is 3.61. The molecule has 1 aliphatic rings. The van der Waals surface area contributed by atoms with Crippen molar-refractivity contribution in [2.45, 2.75) is 39.2 Å². The van der Waals surface area contributed by atoms with Gasteiger partial charge in [0.1, 0.15) is 5.69 Å². The molecule has 0 radical (unpaired) electrons. The van der Waals surface area contributed by atoms with Gasteiger partial charge in [-0.2, -0.15) is 0 Å². The lowest BCUT2D eigenvalue weighted by Crippen LogP contribution is -2.38. The molecule has 18 heavy (non-hydrogen) atoms. The number of nitrogens with zero attached hydrogens (tertiary/aromatic N) is 1. The molecule has 0 aliphatic heterocycles. The molecule has 0 saturated heterocycles. The summed E-state index contributed by atoms with van der Waals surface area (Å²) in [4.78, 5) is 16.2. The van der Waals surface area contributed by atoms with Gasteiger partial charge in [-0.15, -0.1) is 0 Å². The second-order valence-electron chi connectivity index (χ2n) is 5.18. The van der Waals surface area contributed by atoms with Gasteiger partial charge in [-0.25, -0.2) is 0 Å². The van der Waals surface area contributed by atoms with Crippen LogP contribution in [0.1, 0.15) is 42.2 Å². The van der Waals surface area contributed by atoms with Crippen LogP contribution < -0.4 is 5.32 Å². The van der Waals surface area contributed by atoms with Crippen molar-refractivity contribution in [3.63, 3.8) is 0 Å². The van der Waals surface area contributed by atoms with Crippen LogP contribution in [-0.4, -0.2) is 16.9 Å². The third-order valence-electron chi connectivity index (χ3n) is 3.61. The Hall–Kier alpha value is -1.64. The molecule has 2 unspecified atom stereocenters. The topological polar surface area (TPSA) is 42.0 Å². The quantitative estimate of drug-likeness (QED) is 0.831. The second-order valence-corrected chi connectivity index (χ2v) is 5.18. The van der Waals surface area contributed by atoms with Crippen molar-refractivity contribution < 1.29 is 4.79 Å². The van der Waals surface area contributed by atoms with Crippen LogP contribution in [0, 0.1) is 12.8 Å². The molecule has 96 valence electrons. The monoisotopic (exact) mass is 244 g/mol. The first-order chi connectivity index (χ1) is 8.58. The van der Waals surface area contributed by atoms with E-state index in [0.29, 0.717) is 11.6 Å². The predicted octanol–water partition coefficient (Wildman–Crippen LogP) is 2.86. The van der Waals surface area contributed by atoms with E-state index in [2.05, 4.69) is 16.9 Å². The van der Waals surface area contributed by atoms with Gasteiger partial charge in [0.15, 0.2) is 0 Å². The lowest BCUT2D eigenvalue weighted by Gasteiger charge is -2.21. The van der Waals surface area contributed by atoms with E-state index in [4.69, 9.17) is 0 Å². The molecule has 3 nitrogen and oxygen atoms in total. The van der Waals surface area contributed by atoms with Gasteiger partial charge >= 0.3 is 0 Å². The molecule has 1 aromatic heterocycles. The zero-order valence-electron chi connectivity index (χ0n) is 11.1. The van der Waals surface area contributed by atoms with Crippen molar-refractivity contribution in [2.75, 3.05) is 0 Å². The number of carbonyl (C=O) groups excluding carboxylic acids is 1. The number of aryl methyl sites for hydroxylation is 1. The third kappa shape index (κ3) is 2.78. The zero-order chi connectivity index (χ0) is 13.1. The summed E-state index contributed by atoms with van der Waals surface area (Å²) in [6, 6.07) is 3.90. The van der Waals surface area contributed by atoms with E-state index >= 15 is 0 Å². The molecule has 0 aromatic carbocycles. The number of rotatable bonds is 3. The Morgan fingerprint density at radius 2 is 2.22 bits per heavy atom. The molecular weight excluding hydrogens is 224 g/mol. The molecule has 0 bridgehead atoms. The molecule has 1 saturated carbocycles. The molecule has 2 rings (SSSR count). The van der Waals surface area contributed by atoms with Gasteiger partial charge < -0.3 is 5.32 Å². The smallest absolute Gasteiger partial charge is 0.270 e. The van der Waals surface area contributed by atoms with E-state index in [1.165, 1.54) is 0 Å². The Kier molecular flexibility index (Phi) is 3.80. The number of pyridine rings is 1. The summed E-state index contributed by atoms with van der Waals surface area (Å²) in [7, 11) is 0. The largest absolute Gasteiger partial charge is 0.347 e. The Balaban J connectivity index is 2.03. The summed E-state index contributed by atoms with van der Waals surface area (Å²) < 4.78 is 0. The summed E-state index contributed by atoms with van der Waals surface area (Å²) in [6.07, 6.45) is 5.04. The molecule has 3 heteroatoms. The maximum Gasteiger partial charge on any atom is 0.270 e. The minimum Gasteiger partial charge on any atom is -0.347 e. The van der Waals surface area contributed by atoms with Gasteiger partial charge in [0.25, 0.3) is 5.91 Å². The first-order valence-electron chi connectivity index (χ1n) is 6.47. The fourth-order valence-electron chi connectivity index (χ4n) is 2.57. The van der Waals surface area contributed by atoms with Crippen LogP contribution in [0.15, 0.2) is 30.5 Å². The van der Waals surface area contributed by atoms with Crippen molar-refractivity contribution in [1.82, 2.24) is 10.3 Å². The summed E-state index contributed by atoms with van der Waals surface area (Å²) in [5, 5.41) is 3.08. The normalized spacial score (nSPS) is 22.8. The van der Waals surface area contributed by atoms with Crippen LogP contribution in [-0.2, 0) is 0 Å². The van der Waals surface area contributed by atoms with Crippen molar-refractivity contribution >= 4 is 5.91 Å². The number of hydrogen-bond donors (Lipinski definition) is 1.